The molecule has 9 heteroatoms. The van der Waals surface area contributed by atoms with Gasteiger partial charge in [0.2, 0.25) is 0 Å². The number of aryl methyl sites for hydroxylation is 2. The molecule has 40 heavy (non-hydrogen) atoms. The van der Waals surface area contributed by atoms with Crippen LogP contribution < -0.4 is 10.1 Å². The van der Waals surface area contributed by atoms with Crippen LogP contribution in [-0.2, 0) is 22.4 Å². The van der Waals surface area contributed by atoms with Crippen molar-refractivity contribution in [3.63, 3.8) is 0 Å². The molecule has 0 amide bonds. The van der Waals surface area contributed by atoms with Crippen LogP contribution in [-0.4, -0.2) is 86.0 Å². The van der Waals surface area contributed by atoms with Gasteiger partial charge in [0.1, 0.15) is 11.9 Å². The van der Waals surface area contributed by atoms with Gasteiger partial charge >= 0.3 is 5.97 Å². The van der Waals surface area contributed by atoms with Crippen LogP contribution in [0.5, 0.6) is 5.75 Å². The largest absolute Gasteiger partial charge is 0.493 e. The van der Waals surface area contributed by atoms with Crippen LogP contribution in [0.25, 0.3) is 0 Å². The van der Waals surface area contributed by atoms with Crippen molar-refractivity contribution in [3.05, 3.63) is 52.5 Å². The lowest BCUT2D eigenvalue weighted by Gasteiger charge is -2.29. The molecule has 8 nitrogen and oxygen atoms in total. The first-order chi connectivity index (χ1) is 19.3. The van der Waals surface area contributed by atoms with Crippen molar-refractivity contribution in [2.75, 3.05) is 59.4 Å². The molecule has 1 saturated heterocycles. The van der Waals surface area contributed by atoms with Crippen molar-refractivity contribution >= 4 is 11.8 Å². The van der Waals surface area contributed by atoms with Gasteiger partial charge in [-0.2, -0.15) is 0 Å². The topological polar surface area (TPSA) is 87.2 Å². The fourth-order valence-corrected chi connectivity index (χ4v) is 6.07. The Labute approximate surface area is 237 Å². The molecule has 0 bridgehead atoms. The monoisotopic (exact) mass is 556 g/mol. The van der Waals surface area contributed by atoms with E-state index >= 15 is 4.39 Å². The van der Waals surface area contributed by atoms with Gasteiger partial charge < -0.3 is 24.8 Å². The number of nitrogens with one attached hydrogen (secondary N) is 1. The van der Waals surface area contributed by atoms with Crippen LogP contribution in [0.3, 0.4) is 0 Å². The van der Waals surface area contributed by atoms with E-state index in [9.17, 15) is 9.90 Å². The maximum Gasteiger partial charge on any atom is 0.325 e. The van der Waals surface area contributed by atoms with Crippen molar-refractivity contribution in [3.8, 4) is 5.75 Å². The molecular weight excluding hydrogens is 511 g/mol. The fourth-order valence-electron chi connectivity index (χ4n) is 6.07. The lowest BCUT2D eigenvalue weighted by atomic mass is 9.95. The van der Waals surface area contributed by atoms with E-state index in [1.165, 1.54) is 25.2 Å². The van der Waals surface area contributed by atoms with E-state index in [2.05, 4.69) is 29.4 Å². The summed E-state index contributed by atoms with van der Waals surface area (Å²) in [4.78, 5) is 21.6. The lowest BCUT2D eigenvalue weighted by Crippen LogP contribution is -2.38. The number of unbranched alkanes of at least 4 members (excludes halogenated alkanes) is 2. The van der Waals surface area contributed by atoms with Crippen LogP contribution in [0.15, 0.2) is 24.3 Å². The number of hydrogen-bond donors (Lipinski definition) is 2. The molecule has 0 radical (unpaired) electrons. The highest BCUT2D eigenvalue weighted by Gasteiger charge is 2.37. The van der Waals surface area contributed by atoms with Crippen molar-refractivity contribution in [1.82, 2.24) is 14.8 Å². The number of hydrogen-bond acceptors (Lipinski definition) is 7. The number of carboxylic acid groups (broad SMARTS) is 1. The Hall–Kier alpha value is -2.75. The average molecular weight is 557 g/mol. The first-order valence-electron chi connectivity index (χ1n) is 14.6. The predicted molar refractivity (Wildman–Crippen MR) is 155 cm³/mol. The standard InChI is InChI=1S/C31H45FN4O4/c1-21(20-39-3)23-17-26(29(40-4)27(32)18-23)28(31(37)38)36-16-13-25(19-36)35(2)15-7-5-6-10-24-12-11-22-9-8-14-33-30(22)34-24/h11-12,17-18,21,25,28H,5-10,13-16,19-20H2,1-4H3,(H,33,34)(H,37,38)/t21-,25+,28+/m0/s1. The zero-order chi connectivity index (χ0) is 28.6. The molecule has 3 heterocycles. The highest BCUT2D eigenvalue weighted by molar-refractivity contribution is 5.77. The molecule has 2 aromatic rings. The smallest absolute Gasteiger partial charge is 0.325 e. The Morgan fingerprint density at radius 1 is 1.27 bits per heavy atom. The summed E-state index contributed by atoms with van der Waals surface area (Å²) in [5.74, 6) is -0.550. The summed E-state index contributed by atoms with van der Waals surface area (Å²) in [6.45, 7) is 5.56. The van der Waals surface area contributed by atoms with Gasteiger partial charge in [-0.15, -0.1) is 0 Å². The molecule has 1 aromatic heterocycles. The second-order valence-electron chi connectivity index (χ2n) is 11.3. The number of ether oxygens (including phenoxy) is 2. The predicted octanol–water partition coefficient (Wildman–Crippen LogP) is 4.88. The van der Waals surface area contributed by atoms with E-state index in [0.29, 0.717) is 30.8 Å². The lowest BCUT2D eigenvalue weighted by molar-refractivity contribution is -0.143. The molecule has 0 aliphatic carbocycles. The third kappa shape index (κ3) is 7.30. The van der Waals surface area contributed by atoms with Gasteiger partial charge in [-0.25, -0.2) is 9.37 Å². The van der Waals surface area contributed by atoms with Gasteiger partial charge in [0, 0.05) is 50.0 Å². The molecular formula is C31H45FN4O4. The molecule has 220 valence electrons. The molecule has 0 saturated carbocycles. The molecule has 2 N–H and O–H groups in total. The number of fused-ring (bicyclic) bond motifs is 1. The van der Waals surface area contributed by atoms with Crippen molar-refractivity contribution in [2.24, 2.45) is 0 Å². The Balaban J connectivity index is 1.31. The van der Waals surface area contributed by atoms with Crippen molar-refractivity contribution in [2.45, 2.75) is 69.9 Å². The summed E-state index contributed by atoms with van der Waals surface area (Å²) in [7, 11) is 5.11. The first kappa shape index (κ1) is 30.2. The minimum absolute atomic E-state index is 0.00164. The molecule has 2 aliphatic rings. The Bertz CT molecular complexity index is 1150. The van der Waals surface area contributed by atoms with Crippen molar-refractivity contribution in [1.29, 1.82) is 0 Å². The normalized spacial score (nSPS) is 18.8. The molecule has 2 aliphatic heterocycles. The number of likely N-dealkylation sites (tertiary alicyclic amines) is 1. The quantitative estimate of drug-likeness (QED) is 0.319. The van der Waals surface area contributed by atoms with Crippen LogP contribution in [0.4, 0.5) is 10.2 Å². The molecule has 1 fully saturated rings. The number of anilines is 1. The third-order valence-corrected chi connectivity index (χ3v) is 8.39. The minimum Gasteiger partial charge on any atom is -0.493 e. The summed E-state index contributed by atoms with van der Waals surface area (Å²) in [6, 6.07) is 6.85. The van der Waals surface area contributed by atoms with Crippen molar-refractivity contribution < 1.29 is 23.8 Å². The van der Waals surface area contributed by atoms with E-state index in [1.54, 1.807) is 13.2 Å². The van der Waals surface area contributed by atoms with Gasteiger partial charge in [-0.1, -0.05) is 19.4 Å². The highest BCUT2D eigenvalue weighted by atomic mass is 19.1. The minimum atomic E-state index is -0.997. The average Bonchev–Trinajstić information content (AvgIpc) is 3.42. The summed E-state index contributed by atoms with van der Waals surface area (Å²) in [5, 5.41) is 13.7. The second-order valence-corrected chi connectivity index (χ2v) is 11.3. The van der Waals surface area contributed by atoms with Gasteiger partial charge in [-0.05, 0) is 81.4 Å². The van der Waals surface area contributed by atoms with Gasteiger partial charge in [0.25, 0.3) is 0 Å². The molecule has 1 aromatic carbocycles. The Morgan fingerprint density at radius 3 is 2.85 bits per heavy atom. The number of benzene rings is 1. The van der Waals surface area contributed by atoms with Gasteiger partial charge in [-0.3, -0.25) is 9.69 Å². The summed E-state index contributed by atoms with van der Waals surface area (Å²) in [6.07, 6.45) is 7.43. The second kappa shape index (κ2) is 14.2. The van der Waals surface area contributed by atoms with E-state index in [4.69, 9.17) is 14.5 Å². The van der Waals surface area contributed by atoms with Crippen LogP contribution in [0.2, 0.25) is 0 Å². The number of methoxy groups -OCH3 is 2. The van der Waals surface area contributed by atoms with E-state index in [1.807, 2.05) is 11.8 Å². The number of rotatable bonds is 14. The van der Waals surface area contributed by atoms with E-state index in [-0.39, 0.29) is 17.7 Å². The number of aromatic nitrogens is 1. The van der Waals surface area contributed by atoms with Crippen LogP contribution in [0.1, 0.15) is 73.4 Å². The van der Waals surface area contributed by atoms with Crippen LogP contribution in [0, 0.1) is 5.82 Å². The van der Waals surface area contributed by atoms with Crippen LogP contribution >= 0.6 is 0 Å². The summed E-state index contributed by atoms with van der Waals surface area (Å²) in [5.41, 5.74) is 3.54. The third-order valence-electron chi connectivity index (χ3n) is 8.39. The SMILES string of the molecule is COC[C@H](C)c1cc(F)c(OC)c([C@H](C(=O)O)N2CC[C@@H](N(C)CCCCCc3ccc4c(n3)NCCC4)C2)c1. The van der Waals surface area contributed by atoms with Gasteiger partial charge in [0.05, 0.1) is 13.7 Å². The number of aliphatic carboxylic acids is 1. The number of carboxylic acids is 1. The number of nitrogens with zero attached hydrogens (tertiary/aromatic N) is 3. The zero-order valence-electron chi connectivity index (χ0n) is 24.4. The molecule has 0 spiro atoms. The zero-order valence-corrected chi connectivity index (χ0v) is 24.4. The maximum absolute atomic E-state index is 15.0. The molecule has 4 rings (SSSR count). The number of likely N-dealkylation sites (N-methyl/N-ethyl adjacent to an activating group) is 1. The Kier molecular flexibility index (Phi) is 10.8. The van der Waals surface area contributed by atoms with E-state index < -0.39 is 17.8 Å². The number of pyridine rings is 1. The molecule has 3 atom stereocenters. The summed E-state index contributed by atoms with van der Waals surface area (Å²) < 4.78 is 25.6. The summed E-state index contributed by atoms with van der Waals surface area (Å²) >= 11 is 0. The molecule has 0 unspecified atom stereocenters. The maximum atomic E-state index is 15.0. The highest BCUT2D eigenvalue weighted by Crippen LogP contribution is 2.37. The Morgan fingerprint density at radius 2 is 2.10 bits per heavy atom. The number of carbonyl (C=O) groups is 1. The van der Waals surface area contributed by atoms with E-state index in [0.717, 1.165) is 63.1 Å². The number of halogens is 1. The van der Waals surface area contributed by atoms with Gasteiger partial charge in [0.15, 0.2) is 11.6 Å². The first-order valence-corrected chi connectivity index (χ1v) is 14.6. The fraction of sp³-hybridized carbons (Fsp3) is 0.613.